The van der Waals surface area contributed by atoms with E-state index in [0.29, 0.717) is 12.0 Å². The number of likely N-dealkylation sites (tertiary alicyclic amines) is 1. The average Bonchev–Trinajstić information content (AvgIpc) is 2.93. The van der Waals surface area contributed by atoms with Crippen molar-refractivity contribution in [2.75, 3.05) is 13.1 Å². The highest BCUT2D eigenvalue weighted by molar-refractivity contribution is 5.47. The van der Waals surface area contributed by atoms with E-state index in [-0.39, 0.29) is 0 Å². The van der Waals surface area contributed by atoms with E-state index in [1.54, 1.807) is 0 Å². The lowest BCUT2D eigenvalue weighted by molar-refractivity contribution is 0.272. The molecule has 18 heavy (non-hydrogen) atoms. The molecular weight excluding hydrogens is 222 g/mol. The van der Waals surface area contributed by atoms with Gasteiger partial charge in [0.25, 0.3) is 0 Å². The van der Waals surface area contributed by atoms with E-state index in [9.17, 15) is 0 Å². The topological polar surface area (TPSA) is 20.5 Å². The van der Waals surface area contributed by atoms with Gasteiger partial charge in [-0.2, -0.15) is 0 Å². The van der Waals surface area contributed by atoms with Crippen LogP contribution < -0.4 is 0 Å². The van der Waals surface area contributed by atoms with Crippen molar-refractivity contribution in [3.63, 3.8) is 0 Å². The number of rotatable bonds is 2. The molecule has 96 valence electrons. The molecule has 0 aromatic carbocycles. The monoisotopic (exact) mass is 243 g/mol. The molecule has 0 amide bonds. The summed E-state index contributed by atoms with van der Waals surface area (Å²) >= 11 is 0. The molecule has 1 saturated heterocycles. The van der Waals surface area contributed by atoms with Crippen LogP contribution in [0.4, 0.5) is 0 Å². The second-order valence-corrected chi connectivity index (χ2v) is 5.69. The van der Waals surface area contributed by atoms with Gasteiger partial charge in [-0.1, -0.05) is 6.07 Å². The molecule has 0 bridgehead atoms. The molecular formula is C15H21N3. The lowest BCUT2D eigenvalue weighted by Gasteiger charge is -2.19. The van der Waals surface area contributed by atoms with Gasteiger partial charge in [0.1, 0.15) is 5.82 Å². The molecule has 0 radical (unpaired) electrons. The maximum absolute atomic E-state index is 4.65. The zero-order valence-corrected chi connectivity index (χ0v) is 11.4. The molecule has 2 aromatic heterocycles. The van der Waals surface area contributed by atoms with Crippen molar-refractivity contribution in [2.24, 2.45) is 0 Å². The summed E-state index contributed by atoms with van der Waals surface area (Å²) in [6.45, 7) is 9.03. The predicted octanol–water partition coefficient (Wildman–Crippen LogP) is 2.84. The fourth-order valence-electron chi connectivity index (χ4n) is 2.89. The van der Waals surface area contributed by atoms with E-state index >= 15 is 0 Å². The Labute approximate surface area is 108 Å². The SMILES string of the molecule is Cc1ccc2cnc(C3CCN(C(C)C)C3)n2c1. The summed E-state index contributed by atoms with van der Waals surface area (Å²) in [6.07, 6.45) is 5.42. The van der Waals surface area contributed by atoms with Gasteiger partial charge in [0, 0.05) is 24.7 Å². The fraction of sp³-hybridized carbons (Fsp3) is 0.533. The third kappa shape index (κ3) is 1.93. The molecule has 1 aliphatic heterocycles. The largest absolute Gasteiger partial charge is 0.303 e. The Morgan fingerprint density at radius 3 is 2.89 bits per heavy atom. The van der Waals surface area contributed by atoms with Gasteiger partial charge in [0.15, 0.2) is 0 Å². The second-order valence-electron chi connectivity index (χ2n) is 5.69. The smallest absolute Gasteiger partial charge is 0.117 e. The van der Waals surface area contributed by atoms with Gasteiger partial charge < -0.3 is 9.30 Å². The zero-order chi connectivity index (χ0) is 12.7. The summed E-state index contributed by atoms with van der Waals surface area (Å²) in [4.78, 5) is 7.19. The minimum absolute atomic E-state index is 0.580. The maximum Gasteiger partial charge on any atom is 0.117 e. The molecule has 2 aromatic rings. The molecule has 3 nitrogen and oxygen atoms in total. The van der Waals surface area contributed by atoms with E-state index in [4.69, 9.17) is 0 Å². The second kappa shape index (κ2) is 4.39. The Morgan fingerprint density at radius 2 is 2.17 bits per heavy atom. The van der Waals surface area contributed by atoms with Crippen molar-refractivity contribution in [3.8, 4) is 0 Å². The highest BCUT2D eigenvalue weighted by Gasteiger charge is 2.28. The molecule has 0 N–H and O–H groups in total. The van der Waals surface area contributed by atoms with E-state index in [1.165, 1.54) is 29.9 Å². The molecule has 3 rings (SSSR count). The van der Waals surface area contributed by atoms with E-state index in [0.717, 1.165) is 6.54 Å². The van der Waals surface area contributed by atoms with Crippen molar-refractivity contribution in [1.82, 2.24) is 14.3 Å². The highest BCUT2D eigenvalue weighted by Crippen LogP contribution is 2.28. The minimum atomic E-state index is 0.580. The Hall–Kier alpha value is -1.35. The van der Waals surface area contributed by atoms with Crippen LogP contribution in [0.25, 0.3) is 5.52 Å². The van der Waals surface area contributed by atoms with Crippen LogP contribution in [0, 0.1) is 6.92 Å². The van der Waals surface area contributed by atoms with Crippen LogP contribution in [0.1, 0.15) is 37.6 Å². The van der Waals surface area contributed by atoms with Gasteiger partial charge in [-0.25, -0.2) is 4.98 Å². The summed E-state index contributed by atoms with van der Waals surface area (Å²) in [6, 6.07) is 4.94. The Bertz CT molecular complexity index is 556. The Morgan fingerprint density at radius 1 is 1.33 bits per heavy atom. The quantitative estimate of drug-likeness (QED) is 0.808. The van der Waals surface area contributed by atoms with Gasteiger partial charge in [0.2, 0.25) is 0 Å². The number of aromatic nitrogens is 2. The van der Waals surface area contributed by atoms with Gasteiger partial charge in [0.05, 0.1) is 11.7 Å². The summed E-state index contributed by atoms with van der Waals surface area (Å²) in [5, 5.41) is 0. The first kappa shape index (κ1) is 11.7. The summed E-state index contributed by atoms with van der Waals surface area (Å²) < 4.78 is 2.27. The van der Waals surface area contributed by atoms with Crippen molar-refractivity contribution in [3.05, 3.63) is 35.9 Å². The first-order valence-corrected chi connectivity index (χ1v) is 6.83. The lowest BCUT2D eigenvalue weighted by atomic mass is 10.1. The summed E-state index contributed by atoms with van der Waals surface area (Å²) in [5.41, 5.74) is 2.50. The minimum Gasteiger partial charge on any atom is -0.303 e. The van der Waals surface area contributed by atoms with Crippen LogP contribution in [0.2, 0.25) is 0 Å². The van der Waals surface area contributed by atoms with Crippen LogP contribution in [0.5, 0.6) is 0 Å². The fourth-order valence-corrected chi connectivity index (χ4v) is 2.89. The highest BCUT2D eigenvalue weighted by atomic mass is 15.2. The summed E-state index contributed by atoms with van der Waals surface area (Å²) in [7, 11) is 0. The molecule has 1 fully saturated rings. The standard InChI is InChI=1S/C15H21N3/c1-11(2)17-7-6-13(10-17)15-16-8-14-5-4-12(3)9-18(14)15/h4-5,8-9,11,13H,6-7,10H2,1-3H3. The number of hydrogen-bond acceptors (Lipinski definition) is 2. The van der Waals surface area contributed by atoms with E-state index < -0.39 is 0 Å². The van der Waals surface area contributed by atoms with Crippen molar-refractivity contribution in [2.45, 2.75) is 39.2 Å². The van der Waals surface area contributed by atoms with Crippen LogP contribution >= 0.6 is 0 Å². The molecule has 0 aliphatic carbocycles. The van der Waals surface area contributed by atoms with Gasteiger partial charge in [-0.3, -0.25) is 0 Å². The first-order chi connectivity index (χ1) is 8.65. The molecule has 1 unspecified atom stereocenters. The van der Waals surface area contributed by atoms with E-state index in [2.05, 4.69) is 53.4 Å². The third-order valence-corrected chi connectivity index (χ3v) is 4.02. The summed E-state index contributed by atoms with van der Waals surface area (Å²) in [5.74, 6) is 1.81. The van der Waals surface area contributed by atoms with Crippen LogP contribution in [0.15, 0.2) is 24.5 Å². The van der Waals surface area contributed by atoms with Gasteiger partial charge in [-0.15, -0.1) is 0 Å². The Balaban J connectivity index is 1.93. The predicted molar refractivity (Wildman–Crippen MR) is 74.0 cm³/mol. The van der Waals surface area contributed by atoms with Crippen molar-refractivity contribution < 1.29 is 0 Å². The molecule has 3 heterocycles. The Kier molecular flexibility index (Phi) is 2.86. The van der Waals surface area contributed by atoms with Crippen molar-refractivity contribution >= 4 is 5.52 Å². The molecule has 0 saturated carbocycles. The molecule has 3 heteroatoms. The number of nitrogens with zero attached hydrogens (tertiary/aromatic N) is 3. The van der Waals surface area contributed by atoms with Gasteiger partial charge in [-0.05, 0) is 45.4 Å². The molecule has 0 spiro atoms. The van der Waals surface area contributed by atoms with Crippen LogP contribution in [0.3, 0.4) is 0 Å². The van der Waals surface area contributed by atoms with Crippen LogP contribution in [-0.4, -0.2) is 33.4 Å². The third-order valence-electron chi connectivity index (χ3n) is 4.02. The molecule has 1 aliphatic rings. The lowest BCUT2D eigenvalue weighted by Crippen LogP contribution is -2.28. The number of imidazole rings is 1. The molecule has 1 atom stereocenters. The maximum atomic E-state index is 4.65. The number of fused-ring (bicyclic) bond motifs is 1. The van der Waals surface area contributed by atoms with E-state index in [1.807, 2.05) is 6.20 Å². The first-order valence-electron chi connectivity index (χ1n) is 6.83. The van der Waals surface area contributed by atoms with Gasteiger partial charge >= 0.3 is 0 Å². The number of hydrogen-bond donors (Lipinski definition) is 0. The normalized spacial score (nSPS) is 21.2. The average molecular weight is 243 g/mol. The number of pyridine rings is 1. The number of aryl methyl sites for hydroxylation is 1. The zero-order valence-electron chi connectivity index (χ0n) is 11.4. The van der Waals surface area contributed by atoms with Crippen molar-refractivity contribution in [1.29, 1.82) is 0 Å². The van der Waals surface area contributed by atoms with Crippen LogP contribution in [-0.2, 0) is 0 Å².